The van der Waals surface area contributed by atoms with Crippen molar-refractivity contribution >= 4 is 5.91 Å². The van der Waals surface area contributed by atoms with Gasteiger partial charge in [-0.3, -0.25) is 4.79 Å². The van der Waals surface area contributed by atoms with Crippen LogP contribution >= 0.6 is 0 Å². The molecule has 12 N–H and O–H groups in total. The second kappa shape index (κ2) is 68.8. The van der Waals surface area contributed by atoms with Gasteiger partial charge in [0.25, 0.3) is 0 Å². The second-order valence-electron chi connectivity index (χ2n) is 30.6. The van der Waals surface area contributed by atoms with Crippen LogP contribution in [0.4, 0.5) is 0 Å². The standard InChI is InChI=1S/C90H157NO18/c1-3-5-7-9-11-13-15-17-19-21-23-25-27-29-31-33-35-36-38-39-41-43-45-47-49-51-53-55-57-59-61-63-65-67-74(95)73(91-78(96)68-66-64-62-60-58-56-54-52-50-48-46-44-42-40-37-34-32-30-28-26-24-22-20-18-16-14-12-10-8-6-4-2)72-104-88-84(102)81(99)86(76(70-93)106-88)109-90-85(103)82(100)87(77(71-94)107-90)108-89-83(101)80(98)79(97)75(69-92)105-89/h6,8,12,14,18,20,24,26,30,32,37,40,49,51,57,59,65,67,73-77,79-90,92-95,97-103H,3-5,7,9-11,13,15-17,19,21-23,25,27-29,31,33-36,38-39,41-48,50,52-56,58,60-64,66,68-72H2,1-2H3,(H,91,96)/b8-6-,14-12-,20-18-,26-24-,32-30-,40-37-,51-49+,59-57+,67-65+. The van der Waals surface area contributed by atoms with E-state index >= 15 is 0 Å². The quantitative estimate of drug-likeness (QED) is 0.0199. The first-order valence-corrected chi connectivity index (χ1v) is 43.6. The van der Waals surface area contributed by atoms with E-state index in [1.165, 1.54) is 193 Å². The number of unbranched alkanes of at least 4 members (excludes halogenated alkanes) is 37. The third-order valence-corrected chi connectivity index (χ3v) is 21.0. The Kier molecular flexibility index (Phi) is 62.9. The number of allylic oxidation sites excluding steroid dienone is 17. The van der Waals surface area contributed by atoms with Crippen LogP contribution in [0, 0.1) is 0 Å². The Labute approximate surface area is 659 Å². The summed E-state index contributed by atoms with van der Waals surface area (Å²) >= 11 is 0. The van der Waals surface area contributed by atoms with Gasteiger partial charge in [-0.2, -0.15) is 0 Å². The lowest BCUT2D eigenvalue weighted by molar-refractivity contribution is -0.379. The second-order valence-corrected chi connectivity index (χ2v) is 30.6. The van der Waals surface area contributed by atoms with Crippen molar-refractivity contribution in [1.29, 1.82) is 0 Å². The van der Waals surface area contributed by atoms with Crippen molar-refractivity contribution in [2.45, 2.75) is 426 Å². The molecule has 3 rings (SSSR count). The van der Waals surface area contributed by atoms with E-state index in [9.17, 15) is 61.0 Å². The van der Waals surface area contributed by atoms with Crippen LogP contribution in [0.5, 0.6) is 0 Å². The van der Waals surface area contributed by atoms with E-state index in [2.05, 4.69) is 116 Å². The van der Waals surface area contributed by atoms with Crippen LogP contribution < -0.4 is 5.32 Å². The molecule has 630 valence electrons. The summed E-state index contributed by atoms with van der Waals surface area (Å²) in [6.07, 6.45) is 69.5. The zero-order valence-electron chi connectivity index (χ0n) is 67.8. The predicted octanol–water partition coefficient (Wildman–Crippen LogP) is 16.1. The minimum Gasteiger partial charge on any atom is -0.394 e. The lowest BCUT2D eigenvalue weighted by atomic mass is 9.96. The van der Waals surface area contributed by atoms with Crippen LogP contribution in [0.25, 0.3) is 0 Å². The summed E-state index contributed by atoms with van der Waals surface area (Å²) in [7, 11) is 0. The van der Waals surface area contributed by atoms with Crippen molar-refractivity contribution in [3.05, 3.63) is 109 Å². The van der Waals surface area contributed by atoms with Crippen molar-refractivity contribution < 1.29 is 89.4 Å². The summed E-state index contributed by atoms with van der Waals surface area (Å²) in [6.45, 7) is 1.62. The summed E-state index contributed by atoms with van der Waals surface area (Å²) in [5.74, 6) is -0.293. The van der Waals surface area contributed by atoms with Gasteiger partial charge < -0.3 is 89.9 Å². The molecule has 3 saturated heterocycles. The predicted molar refractivity (Wildman–Crippen MR) is 438 cm³/mol. The van der Waals surface area contributed by atoms with E-state index in [1.807, 2.05) is 6.08 Å². The fourth-order valence-electron chi connectivity index (χ4n) is 14.1. The maximum absolute atomic E-state index is 13.5. The molecule has 3 fully saturated rings. The van der Waals surface area contributed by atoms with Gasteiger partial charge in [0.1, 0.15) is 73.2 Å². The fourth-order valence-corrected chi connectivity index (χ4v) is 14.1. The molecule has 0 bridgehead atoms. The van der Waals surface area contributed by atoms with Gasteiger partial charge >= 0.3 is 0 Å². The third-order valence-electron chi connectivity index (χ3n) is 21.0. The van der Waals surface area contributed by atoms with E-state index in [0.717, 1.165) is 96.3 Å². The van der Waals surface area contributed by atoms with Crippen LogP contribution in [0.2, 0.25) is 0 Å². The monoisotopic (exact) mass is 1540 g/mol. The molecule has 0 aromatic carbocycles. The zero-order chi connectivity index (χ0) is 78.8. The third kappa shape index (κ3) is 47.8. The highest BCUT2D eigenvalue weighted by Crippen LogP contribution is 2.33. The SMILES string of the molecule is CC/C=C\C/C=C\C/C=C\C/C=C\C/C=C\C/C=C\CCCCCCCCCCCCCCC(=O)NC(COC1OC(CO)C(OC2OC(CO)C(OC3OC(CO)C(O)C(O)C3O)C(O)C2O)C(O)C1O)C(O)/C=C/CC/C=C/CC/C=C/CCCCCCCCCCCCCCCCCCCCCCCCC. The highest BCUT2D eigenvalue weighted by Gasteiger charge is 2.54. The van der Waals surface area contributed by atoms with Crippen LogP contribution in [0.3, 0.4) is 0 Å². The van der Waals surface area contributed by atoms with Crippen molar-refractivity contribution in [2.24, 2.45) is 0 Å². The van der Waals surface area contributed by atoms with Gasteiger partial charge in [-0.05, 0) is 96.3 Å². The van der Waals surface area contributed by atoms with Crippen LogP contribution in [-0.4, -0.2) is 193 Å². The van der Waals surface area contributed by atoms with Gasteiger partial charge in [0.15, 0.2) is 18.9 Å². The first kappa shape index (κ1) is 99.6. The highest BCUT2D eigenvalue weighted by atomic mass is 16.8. The lowest BCUT2D eigenvalue weighted by Crippen LogP contribution is -2.66. The number of carbonyl (C=O) groups is 1. The minimum atomic E-state index is -1.99. The molecule has 109 heavy (non-hydrogen) atoms. The molecule has 0 radical (unpaired) electrons. The molecule has 0 spiro atoms. The molecule has 19 nitrogen and oxygen atoms in total. The number of ether oxygens (including phenoxy) is 6. The molecule has 17 atom stereocenters. The fraction of sp³-hybridized carbons (Fsp3) is 0.789. The minimum absolute atomic E-state index is 0.223. The molecule has 19 heteroatoms. The zero-order valence-corrected chi connectivity index (χ0v) is 67.8. The number of amides is 1. The maximum Gasteiger partial charge on any atom is 0.220 e. The molecule has 3 heterocycles. The molecular weight excluding hydrogens is 1380 g/mol. The van der Waals surface area contributed by atoms with E-state index in [4.69, 9.17) is 28.4 Å². The van der Waals surface area contributed by atoms with E-state index in [1.54, 1.807) is 6.08 Å². The number of aliphatic hydroxyl groups is 11. The van der Waals surface area contributed by atoms with Crippen molar-refractivity contribution in [3.63, 3.8) is 0 Å². The van der Waals surface area contributed by atoms with Gasteiger partial charge in [0.05, 0.1) is 38.6 Å². The number of rotatable bonds is 69. The number of nitrogens with one attached hydrogen (secondary N) is 1. The molecule has 0 aromatic rings. The van der Waals surface area contributed by atoms with Crippen LogP contribution in [0.15, 0.2) is 109 Å². The first-order valence-electron chi connectivity index (χ1n) is 43.6. The Bertz CT molecular complexity index is 2390. The summed E-state index contributed by atoms with van der Waals surface area (Å²) in [4.78, 5) is 13.5. The Morgan fingerprint density at radius 3 is 1.03 bits per heavy atom. The van der Waals surface area contributed by atoms with Crippen molar-refractivity contribution in [2.75, 3.05) is 26.4 Å². The molecule has 3 aliphatic rings. The topological polar surface area (TPSA) is 307 Å². The number of hydrogen-bond donors (Lipinski definition) is 12. The summed E-state index contributed by atoms with van der Waals surface area (Å²) in [5.41, 5.74) is 0. The molecule has 1 amide bonds. The first-order chi connectivity index (χ1) is 53.3. The van der Waals surface area contributed by atoms with Crippen LogP contribution in [-0.2, 0) is 33.2 Å². The van der Waals surface area contributed by atoms with Crippen molar-refractivity contribution in [1.82, 2.24) is 5.32 Å². The Hall–Kier alpha value is -3.55. The average Bonchev–Trinajstić information content (AvgIpc) is 0.782. The molecule has 3 aliphatic heterocycles. The van der Waals surface area contributed by atoms with Crippen molar-refractivity contribution in [3.8, 4) is 0 Å². The van der Waals surface area contributed by atoms with Crippen LogP contribution in [0.1, 0.15) is 322 Å². The normalized spacial score (nSPS) is 25.8. The molecular formula is C90H157NO18. The summed E-state index contributed by atoms with van der Waals surface area (Å²) in [5, 5.41) is 121. The lowest BCUT2D eigenvalue weighted by Gasteiger charge is -2.48. The Balaban J connectivity index is 1.37. The van der Waals surface area contributed by atoms with E-state index < -0.39 is 124 Å². The molecule has 0 saturated carbocycles. The van der Waals surface area contributed by atoms with Gasteiger partial charge in [0.2, 0.25) is 5.91 Å². The van der Waals surface area contributed by atoms with Gasteiger partial charge in [-0.1, -0.05) is 329 Å². The highest BCUT2D eigenvalue weighted by molar-refractivity contribution is 5.76. The summed E-state index contributed by atoms with van der Waals surface area (Å²) in [6, 6.07) is -1.01. The Morgan fingerprint density at radius 1 is 0.339 bits per heavy atom. The van der Waals surface area contributed by atoms with Gasteiger partial charge in [-0.15, -0.1) is 0 Å². The molecule has 0 aliphatic carbocycles. The number of carbonyl (C=O) groups excluding carboxylic acids is 1. The van der Waals surface area contributed by atoms with Gasteiger partial charge in [-0.25, -0.2) is 0 Å². The number of aliphatic hydroxyl groups excluding tert-OH is 11. The largest absolute Gasteiger partial charge is 0.394 e. The smallest absolute Gasteiger partial charge is 0.220 e. The van der Waals surface area contributed by atoms with E-state index in [0.29, 0.717) is 12.8 Å². The Morgan fingerprint density at radius 2 is 0.642 bits per heavy atom. The van der Waals surface area contributed by atoms with E-state index in [-0.39, 0.29) is 18.9 Å². The number of hydrogen-bond acceptors (Lipinski definition) is 18. The molecule has 0 aromatic heterocycles. The van der Waals surface area contributed by atoms with Gasteiger partial charge in [0, 0.05) is 6.42 Å². The maximum atomic E-state index is 13.5. The molecule has 17 unspecified atom stereocenters. The summed E-state index contributed by atoms with van der Waals surface area (Å²) < 4.78 is 34.5. The average molecular weight is 1540 g/mol.